The van der Waals surface area contributed by atoms with Crippen molar-refractivity contribution < 1.29 is 19.4 Å². The third kappa shape index (κ3) is 5.56. The molecule has 0 aromatic heterocycles. The molecule has 0 aliphatic heterocycles. The summed E-state index contributed by atoms with van der Waals surface area (Å²) >= 11 is 12.3. The summed E-state index contributed by atoms with van der Waals surface area (Å²) in [4.78, 5) is 10.9. The molecule has 0 aliphatic rings. The molecule has 0 heterocycles. The first-order valence-corrected chi connectivity index (χ1v) is 9.52. The van der Waals surface area contributed by atoms with E-state index in [2.05, 4.69) is 5.32 Å². The number of carboxylic acids is 1. The predicted molar refractivity (Wildman–Crippen MR) is 115 cm³/mol. The van der Waals surface area contributed by atoms with Gasteiger partial charge in [0, 0.05) is 28.3 Å². The predicted octanol–water partition coefficient (Wildman–Crippen LogP) is 5.89. The Labute approximate surface area is 178 Å². The molecule has 0 spiro atoms. The van der Waals surface area contributed by atoms with Gasteiger partial charge in [0.1, 0.15) is 6.61 Å². The average Bonchev–Trinajstić information content (AvgIpc) is 2.73. The molecule has 0 unspecified atom stereocenters. The fraction of sp³-hybridized carbons (Fsp3) is 0.136. The molecule has 150 valence electrons. The fourth-order valence-corrected chi connectivity index (χ4v) is 3.00. The van der Waals surface area contributed by atoms with Crippen molar-refractivity contribution in [3.63, 3.8) is 0 Å². The molecular weight excluding hydrogens is 413 g/mol. The van der Waals surface area contributed by atoms with Gasteiger partial charge in [-0.2, -0.15) is 0 Å². The first-order chi connectivity index (χ1) is 14.0. The van der Waals surface area contributed by atoms with Gasteiger partial charge in [-0.1, -0.05) is 35.3 Å². The molecule has 3 aromatic rings. The van der Waals surface area contributed by atoms with Crippen LogP contribution in [-0.4, -0.2) is 18.2 Å². The van der Waals surface area contributed by atoms with Crippen LogP contribution in [0.15, 0.2) is 60.7 Å². The highest BCUT2D eigenvalue weighted by atomic mass is 35.5. The molecule has 3 aromatic carbocycles. The molecule has 29 heavy (non-hydrogen) atoms. The number of anilines is 1. The van der Waals surface area contributed by atoms with Crippen molar-refractivity contribution in [1.82, 2.24) is 0 Å². The molecule has 0 saturated heterocycles. The van der Waals surface area contributed by atoms with Crippen molar-refractivity contribution >= 4 is 34.9 Å². The fourth-order valence-electron chi connectivity index (χ4n) is 2.65. The number of halogens is 2. The minimum absolute atomic E-state index is 0.234. The Hall–Kier alpha value is -2.89. The maximum Gasteiger partial charge on any atom is 0.335 e. The maximum absolute atomic E-state index is 10.9. The zero-order valence-electron chi connectivity index (χ0n) is 15.6. The lowest BCUT2D eigenvalue weighted by Crippen LogP contribution is -2.03. The van der Waals surface area contributed by atoms with Crippen molar-refractivity contribution in [3.8, 4) is 11.5 Å². The summed E-state index contributed by atoms with van der Waals surface area (Å²) < 4.78 is 11.3. The van der Waals surface area contributed by atoms with Crippen LogP contribution < -0.4 is 14.8 Å². The van der Waals surface area contributed by atoms with Gasteiger partial charge in [-0.05, 0) is 53.6 Å². The number of methoxy groups -OCH3 is 1. The van der Waals surface area contributed by atoms with Crippen LogP contribution in [0.2, 0.25) is 10.0 Å². The quantitative estimate of drug-likeness (QED) is 0.465. The van der Waals surface area contributed by atoms with E-state index in [1.807, 2.05) is 30.3 Å². The van der Waals surface area contributed by atoms with Gasteiger partial charge in [0.05, 0.1) is 12.7 Å². The molecule has 0 aliphatic carbocycles. The summed E-state index contributed by atoms with van der Waals surface area (Å²) in [7, 11) is 1.57. The van der Waals surface area contributed by atoms with Crippen LogP contribution in [0.3, 0.4) is 0 Å². The van der Waals surface area contributed by atoms with Crippen LogP contribution in [0.4, 0.5) is 5.69 Å². The van der Waals surface area contributed by atoms with E-state index >= 15 is 0 Å². The number of ether oxygens (including phenoxy) is 2. The van der Waals surface area contributed by atoms with Gasteiger partial charge in [0.15, 0.2) is 11.5 Å². The van der Waals surface area contributed by atoms with Gasteiger partial charge in [-0.3, -0.25) is 0 Å². The monoisotopic (exact) mass is 431 g/mol. The molecule has 0 atom stereocenters. The summed E-state index contributed by atoms with van der Waals surface area (Å²) in [6, 6.07) is 17.4. The lowest BCUT2D eigenvalue weighted by Gasteiger charge is -2.15. The Bertz CT molecular complexity index is 989. The summed E-state index contributed by atoms with van der Waals surface area (Å²) in [5.41, 5.74) is 2.82. The number of hydrogen-bond donors (Lipinski definition) is 2. The van der Waals surface area contributed by atoms with Crippen LogP contribution >= 0.6 is 23.2 Å². The second kappa shape index (κ2) is 9.54. The smallest absolute Gasteiger partial charge is 0.335 e. The molecule has 0 saturated carbocycles. The summed E-state index contributed by atoms with van der Waals surface area (Å²) in [5, 5.41) is 13.4. The molecule has 0 amide bonds. The van der Waals surface area contributed by atoms with Crippen molar-refractivity contribution in [1.29, 1.82) is 0 Å². The number of aromatic carboxylic acids is 1. The number of hydrogen-bond acceptors (Lipinski definition) is 4. The second-order valence-corrected chi connectivity index (χ2v) is 7.09. The average molecular weight is 432 g/mol. The number of rotatable bonds is 8. The van der Waals surface area contributed by atoms with E-state index in [-0.39, 0.29) is 5.56 Å². The van der Waals surface area contributed by atoms with E-state index in [1.54, 1.807) is 37.4 Å². The largest absolute Gasteiger partial charge is 0.493 e. The van der Waals surface area contributed by atoms with Gasteiger partial charge < -0.3 is 19.9 Å². The lowest BCUT2D eigenvalue weighted by atomic mass is 10.1. The molecule has 0 radical (unpaired) electrons. The summed E-state index contributed by atoms with van der Waals surface area (Å²) in [5.74, 6) is 0.155. The zero-order valence-corrected chi connectivity index (χ0v) is 17.1. The zero-order chi connectivity index (χ0) is 20.8. The first-order valence-electron chi connectivity index (χ1n) is 8.77. The number of carbonyl (C=O) groups is 1. The van der Waals surface area contributed by atoms with E-state index in [9.17, 15) is 4.79 Å². The highest BCUT2D eigenvalue weighted by Gasteiger charge is 2.11. The van der Waals surface area contributed by atoms with Gasteiger partial charge in [0.25, 0.3) is 0 Å². The molecule has 3 rings (SSSR count). The second-order valence-electron chi connectivity index (χ2n) is 6.25. The minimum Gasteiger partial charge on any atom is -0.493 e. The maximum atomic E-state index is 10.9. The normalized spacial score (nSPS) is 10.4. The Morgan fingerprint density at radius 3 is 2.31 bits per heavy atom. The number of benzene rings is 3. The molecular formula is C22H19Cl2NO4. The van der Waals surface area contributed by atoms with Crippen LogP contribution in [-0.2, 0) is 13.2 Å². The van der Waals surface area contributed by atoms with E-state index in [0.717, 1.165) is 16.8 Å². The third-order valence-electron chi connectivity index (χ3n) is 4.26. The third-order valence-corrected chi connectivity index (χ3v) is 4.86. The van der Waals surface area contributed by atoms with Crippen LogP contribution in [0.1, 0.15) is 21.5 Å². The summed E-state index contributed by atoms with van der Waals surface area (Å²) in [6.45, 7) is 0.802. The van der Waals surface area contributed by atoms with Crippen LogP contribution in [0.25, 0.3) is 0 Å². The first kappa shape index (κ1) is 20.8. The van der Waals surface area contributed by atoms with Crippen LogP contribution in [0.5, 0.6) is 11.5 Å². The van der Waals surface area contributed by atoms with Crippen molar-refractivity contribution in [2.75, 3.05) is 12.4 Å². The molecule has 0 bridgehead atoms. The van der Waals surface area contributed by atoms with Gasteiger partial charge in [-0.25, -0.2) is 4.79 Å². The number of nitrogens with one attached hydrogen (secondary N) is 1. The molecule has 7 heteroatoms. The van der Waals surface area contributed by atoms with E-state index in [0.29, 0.717) is 34.7 Å². The SMILES string of the molecule is COc1cc(CNc2ccc(C(=O)O)cc2)c(Cl)cc1OCc1ccc(Cl)cc1. The van der Waals surface area contributed by atoms with Gasteiger partial charge >= 0.3 is 5.97 Å². The Morgan fingerprint density at radius 2 is 1.69 bits per heavy atom. The summed E-state index contributed by atoms with van der Waals surface area (Å²) in [6.07, 6.45) is 0. The topological polar surface area (TPSA) is 67.8 Å². The van der Waals surface area contributed by atoms with E-state index in [1.165, 1.54) is 0 Å². The number of carboxylic acid groups (broad SMARTS) is 1. The Kier molecular flexibility index (Phi) is 6.86. The minimum atomic E-state index is -0.960. The standard InChI is InChI=1S/C22H19Cl2NO4/c1-28-20-10-16(12-25-18-8-4-15(5-9-18)22(26)27)19(24)11-21(20)29-13-14-2-6-17(23)7-3-14/h2-11,25H,12-13H2,1H3,(H,26,27). The van der Waals surface area contributed by atoms with Crippen LogP contribution in [0, 0.1) is 0 Å². The Morgan fingerprint density at radius 1 is 1.00 bits per heavy atom. The van der Waals surface area contributed by atoms with E-state index < -0.39 is 5.97 Å². The Balaban J connectivity index is 1.68. The molecule has 5 nitrogen and oxygen atoms in total. The van der Waals surface area contributed by atoms with Gasteiger partial charge in [0.2, 0.25) is 0 Å². The van der Waals surface area contributed by atoms with Crippen molar-refractivity contribution in [3.05, 3.63) is 87.4 Å². The van der Waals surface area contributed by atoms with Crippen molar-refractivity contribution in [2.45, 2.75) is 13.2 Å². The molecule has 2 N–H and O–H groups in total. The highest BCUT2D eigenvalue weighted by Crippen LogP contribution is 2.34. The highest BCUT2D eigenvalue weighted by molar-refractivity contribution is 6.31. The van der Waals surface area contributed by atoms with Gasteiger partial charge in [-0.15, -0.1) is 0 Å². The lowest BCUT2D eigenvalue weighted by molar-refractivity contribution is 0.0697. The van der Waals surface area contributed by atoms with E-state index in [4.69, 9.17) is 37.8 Å². The van der Waals surface area contributed by atoms with Crippen molar-refractivity contribution in [2.24, 2.45) is 0 Å². The molecule has 0 fully saturated rings.